The van der Waals surface area contributed by atoms with Gasteiger partial charge in [0, 0.05) is 13.1 Å². The van der Waals surface area contributed by atoms with Crippen molar-refractivity contribution in [2.24, 2.45) is 5.73 Å². The molecule has 60 valence electrons. The zero-order valence-corrected chi connectivity index (χ0v) is 7.31. The van der Waals surface area contributed by atoms with Gasteiger partial charge in [-0.1, -0.05) is 0 Å². The molecule has 0 saturated carbocycles. The monoisotopic (exact) mass is 209 g/mol. The van der Waals surface area contributed by atoms with Crippen molar-refractivity contribution in [2.75, 3.05) is 19.7 Å². The molecule has 0 radical (unpaired) electrons. The van der Waals surface area contributed by atoms with Gasteiger partial charge in [-0.25, -0.2) is 0 Å². The molecule has 0 aromatic rings. The zero-order chi connectivity index (χ0) is 6.69. The number of amidine groups is 1. The van der Waals surface area contributed by atoms with Gasteiger partial charge in [-0.3, -0.25) is 5.41 Å². The van der Waals surface area contributed by atoms with Crippen molar-refractivity contribution >= 4 is 22.8 Å². The highest BCUT2D eigenvalue weighted by Crippen LogP contribution is 1.93. The van der Waals surface area contributed by atoms with E-state index in [1.54, 1.807) is 0 Å². The fourth-order valence-corrected chi connectivity index (χ4v) is 0.765. The molecule has 1 aliphatic rings. The smallest absolute Gasteiger partial charge is 0.126 e. The molecular formula is C5H12BrN3O. The summed E-state index contributed by atoms with van der Waals surface area (Å²) in [5.74, 6) is 0.113. The lowest BCUT2D eigenvalue weighted by Gasteiger charge is -2.21. The lowest BCUT2D eigenvalue weighted by Crippen LogP contribution is -2.45. The average Bonchev–Trinajstić information content (AvgIpc) is 1.90. The maximum Gasteiger partial charge on any atom is 0.126 e. The van der Waals surface area contributed by atoms with Crippen LogP contribution < -0.4 is 11.1 Å². The van der Waals surface area contributed by atoms with Gasteiger partial charge in [0.15, 0.2) is 0 Å². The fraction of sp³-hybridized carbons (Fsp3) is 0.800. The van der Waals surface area contributed by atoms with E-state index >= 15 is 0 Å². The summed E-state index contributed by atoms with van der Waals surface area (Å²) < 4.78 is 5.13. The van der Waals surface area contributed by atoms with E-state index in [0.717, 1.165) is 6.54 Å². The molecule has 4 nitrogen and oxygen atoms in total. The van der Waals surface area contributed by atoms with E-state index in [0.29, 0.717) is 13.2 Å². The molecule has 1 unspecified atom stereocenters. The predicted octanol–water partition coefficient (Wildman–Crippen LogP) is -0.511. The first-order chi connectivity index (χ1) is 4.30. The maximum atomic E-state index is 7.00. The summed E-state index contributed by atoms with van der Waals surface area (Å²) in [6.45, 7) is 2.20. The maximum absolute atomic E-state index is 7.00. The van der Waals surface area contributed by atoms with Crippen molar-refractivity contribution in [3.63, 3.8) is 0 Å². The molecule has 0 aliphatic carbocycles. The summed E-state index contributed by atoms with van der Waals surface area (Å²) in [7, 11) is 0. The Hall–Kier alpha value is -0.130. The molecule has 0 aromatic heterocycles. The number of halogens is 1. The number of morpholine rings is 1. The Morgan fingerprint density at radius 2 is 2.40 bits per heavy atom. The Bertz CT molecular complexity index is 113. The second-order valence-corrected chi connectivity index (χ2v) is 2.02. The largest absolute Gasteiger partial charge is 0.385 e. The molecular weight excluding hydrogens is 198 g/mol. The first-order valence-electron chi connectivity index (χ1n) is 2.97. The van der Waals surface area contributed by atoms with E-state index in [1.165, 1.54) is 0 Å². The topological polar surface area (TPSA) is 71.1 Å². The van der Waals surface area contributed by atoms with Gasteiger partial charge in [0.05, 0.1) is 6.61 Å². The first-order valence-corrected chi connectivity index (χ1v) is 2.97. The zero-order valence-electron chi connectivity index (χ0n) is 5.59. The second kappa shape index (κ2) is 4.65. The molecule has 1 saturated heterocycles. The van der Waals surface area contributed by atoms with Crippen molar-refractivity contribution in [1.29, 1.82) is 5.41 Å². The first kappa shape index (κ1) is 9.87. The summed E-state index contributed by atoms with van der Waals surface area (Å²) in [6.07, 6.45) is -0.196. The SMILES string of the molecule is Br.N=C(N)C1CNCCO1. The van der Waals surface area contributed by atoms with Gasteiger partial charge in [-0.15, -0.1) is 17.0 Å². The van der Waals surface area contributed by atoms with Crippen LogP contribution in [0.4, 0.5) is 0 Å². The van der Waals surface area contributed by atoms with Crippen molar-refractivity contribution in [1.82, 2.24) is 5.32 Å². The lowest BCUT2D eigenvalue weighted by atomic mass is 10.3. The van der Waals surface area contributed by atoms with Gasteiger partial charge in [0.2, 0.25) is 0 Å². The van der Waals surface area contributed by atoms with Crippen LogP contribution >= 0.6 is 17.0 Å². The molecule has 1 fully saturated rings. The van der Waals surface area contributed by atoms with E-state index in [9.17, 15) is 0 Å². The van der Waals surface area contributed by atoms with Crippen molar-refractivity contribution in [2.45, 2.75) is 6.10 Å². The van der Waals surface area contributed by atoms with Crippen LogP contribution in [0.25, 0.3) is 0 Å². The van der Waals surface area contributed by atoms with Crippen LogP contribution in [0.1, 0.15) is 0 Å². The van der Waals surface area contributed by atoms with E-state index < -0.39 is 0 Å². The molecule has 1 aliphatic heterocycles. The minimum Gasteiger partial charge on any atom is -0.385 e. The van der Waals surface area contributed by atoms with E-state index in [2.05, 4.69) is 5.32 Å². The van der Waals surface area contributed by atoms with Gasteiger partial charge >= 0.3 is 0 Å². The Balaban J connectivity index is 0.000000810. The third-order valence-corrected chi connectivity index (χ3v) is 1.27. The number of rotatable bonds is 1. The van der Waals surface area contributed by atoms with Crippen LogP contribution in [0.5, 0.6) is 0 Å². The molecule has 0 aromatic carbocycles. The van der Waals surface area contributed by atoms with Crippen LogP contribution in [-0.2, 0) is 4.74 Å². The molecule has 0 spiro atoms. The van der Waals surface area contributed by atoms with Gasteiger partial charge in [-0.2, -0.15) is 0 Å². The number of hydrogen-bond acceptors (Lipinski definition) is 3. The minimum atomic E-state index is -0.196. The summed E-state index contributed by atoms with van der Waals surface area (Å²) >= 11 is 0. The van der Waals surface area contributed by atoms with E-state index in [-0.39, 0.29) is 28.9 Å². The van der Waals surface area contributed by atoms with Crippen LogP contribution in [0.2, 0.25) is 0 Å². The molecule has 4 N–H and O–H groups in total. The van der Waals surface area contributed by atoms with Crippen LogP contribution in [-0.4, -0.2) is 31.6 Å². The summed E-state index contributed by atoms with van der Waals surface area (Å²) in [5.41, 5.74) is 5.19. The quantitative estimate of drug-likeness (QED) is 0.403. The third-order valence-electron chi connectivity index (χ3n) is 1.27. The minimum absolute atomic E-state index is 0. The number of ether oxygens (including phenoxy) is 1. The van der Waals surface area contributed by atoms with E-state index in [1.807, 2.05) is 0 Å². The van der Waals surface area contributed by atoms with Gasteiger partial charge in [0.25, 0.3) is 0 Å². The second-order valence-electron chi connectivity index (χ2n) is 2.02. The summed E-state index contributed by atoms with van der Waals surface area (Å²) in [5, 5.41) is 10.1. The Morgan fingerprint density at radius 3 is 2.70 bits per heavy atom. The molecule has 1 atom stereocenters. The number of hydrogen-bond donors (Lipinski definition) is 3. The Kier molecular flexibility index (Phi) is 4.59. The molecule has 0 bridgehead atoms. The van der Waals surface area contributed by atoms with Crippen LogP contribution in [0.3, 0.4) is 0 Å². The fourth-order valence-electron chi connectivity index (χ4n) is 0.765. The normalized spacial score (nSPS) is 25.0. The standard InChI is InChI=1S/C5H11N3O.BrH/c6-5(7)4-3-8-1-2-9-4;/h4,8H,1-3H2,(H3,6,7);1H. The van der Waals surface area contributed by atoms with Gasteiger partial charge < -0.3 is 15.8 Å². The third kappa shape index (κ3) is 2.64. The highest BCUT2D eigenvalue weighted by atomic mass is 79.9. The summed E-state index contributed by atoms with van der Waals surface area (Å²) in [6, 6.07) is 0. The predicted molar refractivity (Wildman–Crippen MR) is 44.8 cm³/mol. The number of nitrogens with one attached hydrogen (secondary N) is 2. The van der Waals surface area contributed by atoms with Crippen LogP contribution in [0, 0.1) is 5.41 Å². The molecule has 1 heterocycles. The average molecular weight is 210 g/mol. The molecule has 10 heavy (non-hydrogen) atoms. The highest BCUT2D eigenvalue weighted by molar-refractivity contribution is 8.93. The Labute approximate surface area is 70.4 Å². The van der Waals surface area contributed by atoms with Crippen LogP contribution in [0.15, 0.2) is 0 Å². The molecule has 5 heteroatoms. The lowest BCUT2D eigenvalue weighted by molar-refractivity contribution is 0.0699. The number of nitrogens with two attached hydrogens (primary N) is 1. The molecule has 0 amide bonds. The van der Waals surface area contributed by atoms with Crippen molar-refractivity contribution in [3.05, 3.63) is 0 Å². The van der Waals surface area contributed by atoms with Gasteiger partial charge in [0.1, 0.15) is 11.9 Å². The van der Waals surface area contributed by atoms with E-state index in [4.69, 9.17) is 15.9 Å². The van der Waals surface area contributed by atoms with Crippen molar-refractivity contribution in [3.8, 4) is 0 Å². The Morgan fingerprint density at radius 1 is 1.70 bits per heavy atom. The van der Waals surface area contributed by atoms with Crippen molar-refractivity contribution < 1.29 is 4.74 Å². The molecule has 1 rings (SSSR count). The van der Waals surface area contributed by atoms with Gasteiger partial charge in [-0.05, 0) is 0 Å². The highest BCUT2D eigenvalue weighted by Gasteiger charge is 2.14. The summed E-state index contributed by atoms with van der Waals surface area (Å²) in [4.78, 5) is 0.